The van der Waals surface area contributed by atoms with Crippen molar-refractivity contribution in [3.63, 3.8) is 0 Å². The first-order valence-corrected chi connectivity index (χ1v) is 12.9. The van der Waals surface area contributed by atoms with Gasteiger partial charge in [-0.05, 0) is 56.8 Å². The molecule has 5 rings (SSSR count). The van der Waals surface area contributed by atoms with Crippen molar-refractivity contribution < 1.29 is 0 Å². The van der Waals surface area contributed by atoms with Crippen LogP contribution >= 0.6 is 0 Å². The smallest absolute Gasteiger partial charge is 0.0944 e. The zero-order chi connectivity index (χ0) is 26.2. The third kappa shape index (κ3) is 4.99. The van der Waals surface area contributed by atoms with E-state index in [1.165, 1.54) is 22.3 Å². The molecule has 4 aromatic carbocycles. The van der Waals surface area contributed by atoms with E-state index in [4.69, 9.17) is 0 Å². The molecule has 1 heterocycles. The van der Waals surface area contributed by atoms with Gasteiger partial charge in [0.15, 0.2) is 0 Å². The van der Waals surface area contributed by atoms with Crippen molar-refractivity contribution in [3.05, 3.63) is 114 Å². The Morgan fingerprint density at radius 3 is 1.78 bits per heavy atom. The molecular formula is C34H35N3. The summed E-state index contributed by atoms with van der Waals surface area (Å²) in [6.07, 6.45) is 1.88. The van der Waals surface area contributed by atoms with E-state index in [0.29, 0.717) is 0 Å². The summed E-state index contributed by atoms with van der Waals surface area (Å²) >= 11 is 0. The Morgan fingerprint density at radius 2 is 1.16 bits per heavy atom. The number of hydrogen-bond acceptors (Lipinski definition) is 2. The Labute approximate surface area is 220 Å². The Morgan fingerprint density at radius 1 is 0.568 bits per heavy atom. The van der Waals surface area contributed by atoms with Crippen LogP contribution in [0.2, 0.25) is 0 Å². The van der Waals surface area contributed by atoms with Crippen LogP contribution in [0.5, 0.6) is 0 Å². The summed E-state index contributed by atoms with van der Waals surface area (Å²) < 4.78 is 2.02. The molecule has 0 aliphatic heterocycles. The van der Waals surface area contributed by atoms with Crippen LogP contribution in [-0.2, 0) is 10.8 Å². The molecule has 0 N–H and O–H groups in total. The molecular weight excluding hydrogens is 450 g/mol. The van der Waals surface area contributed by atoms with Gasteiger partial charge >= 0.3 is 0 Å². The van der Waals surface area contributed by atoms with Gasteiger partial charge in [-0.2, -0.15) is 0 Å². The normalized spacial score (nSPS) is 12.1. The van der Waals surface area contributed by atoms with Crippen molar-refractivity contribution >= 4 is 0 Å². The van der Waals surface area contributed by atoms with Crippen LogP contribution in [-0.4, -0.2) is 15.0 Å². The van der Waals surface area contributed by atoms with Crippen molar-refractivity contribution in [2.75, 3.05) is 0 Å². The fourth-order valence-electron chi connectivity index (χ4n) is 4.74. The maximum absolute atomic E-state index is 4.67. The molecule has 0 atom stereocenters. The van der Waals surface area contributed by atoms with Gasteiger partial charge in [0.25, 0.3) is 0 Å². The summed E-state index contributed by atoms with van der Waals surface area (Å²) in [5.74, 6) is 0. The Bertz CT molecular complexity index is 1520. The first-order chi connectivity index (χ1) is 17.6. The van der Waals surface area contributed by atoms with E-state index < -0.39 is 0 Å². The lowest BCUT2D eigenvalue weighted by Crippen LogP contribution is -2.14. The molecule has 5 aromatic rings. The lowest BCUT2D eigenvalue weighted by Gasteiger charge is -2.25. The number of benzene rings is 4. The molecule has 0 fully saturated rings. The molecule has 0 bridgehead atoms. The molecule has 3 heteroatoms. The molecule has 0 spiro atoms. The molecule has 1 aromatic heterocycles. The average Bonchev–Trinajstić information content (AvgIpc) is 3.38. The van der Waals surface area contributed by atoms with Gasteiger partial charge in [0.1, 0.15) is 0 Å². The highest BCUT2D eigenvalue weighted by Gasteiger charge is 2.24. The van der Waals surface area contributed by atoms with Gasteiger partial charge in [-0.25, -0.2) is 4.68 Å². The maximum Gasteiger partial charge on any atom is 0.0944 e. The lowest BCUT2D eigenvalue weighted by molar-refractivity contribution is 0.589. The van der Waals surface area contributed by atoms with Crippen LogP contribution in [0.25, 0.3) is 39.2 Å². The predicted molar refractivity (Wildman–Crippen MR) is 155 cm³/mol. The summed E-state index contributed by atoms with van der Waals surface area (Å²) in [5.41, 5.74) is 10.4. The Balaban J connectivity index is 1.84. The van der Waals surface area contributed by atoms with Crippen molar-refractivity contribution in [1.82, 2.24) is 15.0 Å². The predicted octanol–water partition coefficient (Wildman–Crippen LogP) is 8.86. The second-order valence-electron chi connectivity index (χ2n) is 11.8. The lowest BCUT2D eigenvalue weighted by atomic mass is 9.82. The van der Waals surface area contributed by atoms with Crippen LogP contribution in [0.4, 0.5) is 0 Å². The van der Waals surface area contributed by atoms with E-state index in [0.717, 1.165) is 28.1 Å². The van der Waals surface area contributed by atoms with Crippen LogP contribution in [0.1, 0.15) is 52.7 Å². The zero-order valence-corrected chi connectivity index (χ0v) is 22.7. The second kappa shape index (κ2) is 9.48. The van der Waals surface area contributed by atoms with E-state index in [9.17, 15) is 0 Å². The van der Waals surface area contributed by atoms with E-state index in [2.05, 4.69) is 149 Å². The highest BCUT2D eigenvalue weighted by atomic mass is 15.4. The highest BCUT2D eigenvalue weighted by molar-refractivity contribution is 5.90. The third-order valence-electron chi connectivity index (χ3n) is 6.93. The topological polar surface area (TPSA) is 30.7 Å². The number of nitrogens with zero attached hydrogens (tertiary/aromatic N) is 3. The van der Waals surface area contributed by atoms with E-state index in [1.54, 1.807) is 0 Å². The van der Waals surface area contributed by atoms with Gasteiger partial charge < -0.3 is 0 Å². The Hall–Kier alpha value is -3.98. The van der Waals surface area contributed by atoms with E-state index >= 15 is 0 Å². The van der Waals surface area contributed by atoms with Crippen LogP contribution in [0.3, 0.4) is 0 Å². The zero-order valence-electron chi connectivity index (χ0n) is 22.7. The van der Waals surface area contributed by atoms with Crippen LogP contribution in [0.15, 0.2) is 103 Å². The first kappa shape index (κ1) is 24.7. The van der Waals surface area contributed by atoms with Gasteiger partial charge in [0.05, 0.1) is 17.6 Å². The van der Waals surface area contributed by atoms with Crippen molar-refractivity contribution in [2.45, 2.75) is 52.4 Å². The van der Waals surface area contributed by atoms with E-state index in [1.807, 2.05) is 10.9 Å². The van der Waals surface area contributed by atoms with Crippen LogP contribution in [0, 0.1) is 0 Å². The molecule has 0 unspecified atom stereocenters. The van der Waals surface area contributed by atoms with Crippen molar-refractivity contribution in [3.8, 4) is 39.2 Å². The molecule has 186 valence electrons. The summed E-state index contributed by atoms with van der Waals surface area (Å²) in [4.78, 5) is 0. The Kier molecular flexibility index (Phi) is 6.33. The monoisotopic (exact) mass is 485 g/mol. The molecule has 0 aliphatic rings. The highest BCUT2D eigenvalue weighted by Crippen LogP contribution is 2.41. The SMILES string of the molecule is CC(C)(C)c1cccc(-c2cnnn2-c2cc(C(C)(C)C)cc(-c3ccccc3)c2-c2ccccc2)c1. The van der Waals surface area contributed by atoms with Crippen LogP contribution < -0.4 is 0 Å². The van der Waals surface area contributed by atoms with Crippen molar-refractivity contribution in [2.24, 2.45) is 0 Å². The van der Waals surface area contributed by atoms with Gasteiger partial charge in [-0.15, -0.1) is 5.10 Å². The maximum atomic E-state index is 4.67. The van der Waals surface area contributed by atoms with Crippen molar-refractivity contribution in [1.29, 1.82) is 0 Å². The number of hydrogen-bond donors (Lipinski definition) is 0. The summed E-state index contributed by atoms with van der Waals surface area (Å²) in [7, 11) is 0. The van der Waals surface area contributed by atoms with E-state index in [-0.39, 0.29) is 10.8 Å². The number of rotatable bonds is 4. The fraction of sp³-hybridized carbons (Fsp3) is 0.235. The minimum atomic E-state index is -0.0413. The summed E-state index contributed by atoms with van der Waals surface area (Å²) in [6.45, 7) is 13.5. The molecule has 0 amide bonds. The molecule has 37 heavy (non-hydrogen) atoms. The summed E-state index contributed by atoms with van der Waals surface area (Å²) in [5, 5.41) is 9.07. The average molecular weight is 486 g/mol. The third-order valence-corrected chi connectivity index (χ3v) is 6.93. The molecule has 0 radical (unpaired) electrons. The van der Waals surface area contributed by atoms with Gasteiger partial charge in [-0.1, -0.05) is 126 Å². The minimum absolute atomic E-state index is 0.0413. The quantitative estimate of drug-likeness (QED) is 0.254. The fourth-order valence-corrected chi connectivity index (χ4v) is 4.74. The number of aromatic nitrogens is 3. The first-order valence-electron chi connectivity index (χ1n) is 12.9. The second-order valence-corrected chi connectivity index (χ2v) is 11.8. The van der Waals surface area contributed by atoms with Gasteiger partial charge in [0, 0.05) is 11.1 Å². The largest absolute Gasteiger partial charge is 0.212 e. The minimum Gasteiger partial charge on any atom is -0.212 e. The molecule has 0 saturated heterocycles. The van der Waals surface area contributed by atoms with Gasteiger partial charge in [0.2, 0.25) is 0 Å². The molecule has 0 aliphatic carbocycles. The molecule has 0 saturated carbocycles. The van der Waals surface area contributed by atoms with Gasteiger partial charge in [-0.3, -0.25) is 0 Å². The molecule has 3 nitrogen and oxygen atoms in total. The summed E-state index contributed by atoms with van der Waals surface area (Å²) in [6, 6.07) is 34.6. The standard InChI is InChI=1S/C34H35N3/c1-33(2,3)27-19-13-18-26(20-27)31-23-35-36-37(31)30-22-28(34(4,5)6)21-29(24-14-9-7-10-15-24)32(30)25-16-11-8-12-17-25/h7-23H,1-6H3.